The molecule has 0 amide bonds. The zero-order chi connectivity index (χ0) is 9.35. The average molecular weight is 269 g/mol. The van der Waals surface area contributed by atoms with Crippen molar-refractivity contribution >= 4 is 38.9 Å². The van der Waals surface area contributed by atoms with Gasteiger partial charge < -0.3 is 5.73 Å². The molecular weight excluding hydrogens is 258 g/mol. The van der Waals surface area contributed by atoms with Crippen molar-refractivity contribution in [1.82, 2.24) is 0 Å². The van der Waals surface area contributed by atoms with Crippen molar-refractivity contribution in [2.75, 3.05) is 0 Å². The van der Waals surface area contributed by atoms with E-state index >= 15 is 0 Å². The molecular formula is C8H11BrClNS. The molecule has 0 unspecified atom stereocenters. The summed E-state index contributed by atoms with van der Waals surface area (Å²) >= 11 is 10.8. The van der Waals surface area contributed by atoms with Crippen molar-refractivity contribution < 1.29 is 0 Å². The van der Waals surface area contributed by atoms with Crippen LogP contribution in [-0.2, 0) is 6.42 Å². The number of nitrogens with two attached hydrogens (primary N) is 1. The molecule has 0 saturated carbocycles. The highest BCUT2D eigenvalue weighted by Gasteiger charge is 2.14. The van der Waals surface area contributed by atoms with Crippen molar-refractivity contribution in [1.29, 1.82) is 0 Å². The van der Waals surface area contributed by atoms with E-state index in [2.05, 4.69) is 15.9 Å². The molecule has 1 aromatic rings. The first-order valence-electron chi connectivity index (χ1n) is 3.61. The Bertz CT molecular complexity index is 258. The van der Waals surface area contributed by atoms with Crippen LogP contribution in [0.5, 0.6) is 0 Å². The quantitative estimate of drug-likeness (QED) is 0.873. The molecule has 0 aliphatic rings. The van der Waals surface area contributed by atoms with Crippen LogP contribution in [0.25, 0.3) is 0 Å². The lowest BCUT2D eigenvalue weighted by Gasteiger charge is -2.16. The molecule has 1 nitrogen and oxygen atoms in total. The number of halogens is 2. The summed E-state index contributed by atoms with van der Waals surface area (Å²) in [5, 5.41) is 0. The lowest BCUT2D eigenvalue weighted by molar-refractivity contribution is 0.521. The van der Waals surface area contributed by atoms with Crippen molar-refractivity contribution in [2.24, 2.45) is 5.73 Å². The molecule has 0 aliphatic carbocycles. The third-order valence-electron chi connectivity index (χ3n) is 1.33. The fourth-order valence-corrected chi connectivity index (χ4v) is 2.96. The average Bonchev–Trinajstić information content (AvgIpc) is 2.07. The topological polar surface area (TPSA) is 26.0 Å². The lowest BCUT2D eigenvalue weighted by atomic mass is 10.0. The zero-order valence-corrected chi connectivity index (χ0v) is 10.2. The Balaban J connectivity index is 2.77. The second-order valence-corrected chi connectivity index (χ2v) is 6.09. The van der Waals surface area contributed by atoms with E-state index in [1.54, 1.807) is 11.3 Å². The number of thiophene rings is 1. The highest BCUT2D eigenvalue weighted by atomic mass is 79.9. The van der Waals surface area contributed by atoms with Crippen LogP contribution in [0.1, 0.15) is 18.7 Å². The van der Waals surface area contributed by atoms with E-state index < -0.39 is 0 Å². The highest BCUT2D eigenvalue weighted by Crippen LogP contribution is 2.33. The Labute approximate surface area is 90.0 Å². The van der Waals surface area contributed by atoms with E-state index in [-0.39, 0.29) is 5.54 Å². The molecule has 68 valence electrons. The molecule has 12 heavy (non-hydrogen) atoms. The van der Waals surface area contributed by atoms with Crippen LogP contribution >= 0.6 is 38.9 Å². The minimum absolute atomic E-state index is 0.159. The third-order valence-corrected chi connectivity index (χ3v) is 3.80. The summed E-state index contributed by atoms with van der Waals surface area (Å²) in [4.78, 5) is 1.22. The maximum atomic E-state index is 5.89. The van der Waals surface area contributed by atoms with Gasteiger partial charge in [0.05, 0.1) is 0 Å². The first-order chi connectivity index (χ1) is 5.38. The summed E-state index contributed by atoms with van der Waals surface area (Å²) < 4.78 is 1.77. The minimum atomic E-state index is -0.159. The third kappa shape index (κ3) is 3.05. The SMILES string of the molecule is CC(C)(N)Cc1cc(Br)c(Cl)s1. The molecule has 0 bridgehead atoms. The fraction of sp³-hybridized carbons (Fsp3) is 0.500. The monoisotopic (exact) mass is 267 g/mol. The Morgan fingerprint density at radius 1 is 1.67 bits per heavy atom. The smallest absolute Gasteiger partial charge is 0.107 e. The molecule has 1 aromatic heterocycles. The molecule has 0 atom stereocenters. The number of hydrogen-bond acceptors (Lipinski definition) is 2. The van der Waals surface area contributed by atoms with E-state index in [9.17, 15) is 0 Å². The zero-order valence-electron chi connectivity index (χ0n) is 7.03. The number of rotatable bonds is 2. The first kappa shape index (κ1) is 10.5. The lowest BCUT2D eigenvalue weighted by Crippen LogP contribution is -2.33. The van der Waals surface area contributed by atoms with E-state index in [1.165, 1.54) is 4.88 Å². The second-order valence-electron chi connectivity index (χ2n) is 3.50. The van der Waals surface area contributed by atoms with Crippen LogP contribution < -0.4 is 5.73 Å². The fourth-order valence-electron chi connectivity index (χ4n) is 0.928. The van der Waals surface area contributed by atoms with Crippen LogP contribution in [0.2, 0.25) is 4.34 Å². The van der Waals surface area contributed by atoms with Gasteiger partial charge in [0.2, 0.25) is 0 Å². The largest absolute Gasteiger partial charge is 0.325 e. The highest BCUT2D eigenvalue weighted by molar-refractivity contribution is 9.10. The minimum Gasteiger partial charge on any atom is -0.325 e. The van der Waals surface area contributed by atoms with Gasteiger partial charge >= 0.3 is 0 Å². The molecule has 4 heteroatoms. The van der Waals surface area contributed by atoms with Gasteiger partial charge in [0.1, 0.15) is 4.34 Å². The molecule has 0 spiro atoms. The standard InChI is InChI=1S/C8H11BrClNS/c1-8(2,11)4-5-3-6(9)7(10)12-5/h3H,4,11H2,1-2H3. The van der Waals surface area contributed by atoms with Crippen molar-refractivity contribution in [3.05, 3.63) is 19.8 Å². The molecule has 1 heterocycles. The Morgan fingerprint density at radius 2 is 2.25 bits per heavy atom. The van der Waals surface area contributed by atoms with E-state index in [4.69, 9.17) is 17.3 Å². The predicted molar refractivity (Wildman–Crippen MR) is 59.0 cm³/mol. The van der Waals surface area contributed by atoms with Gasteiger partial charge in [-0.15, -0.1) is 11.3 Å². The van der Waals surface area contributed by atoms with Gasteiger partial charge in [-0.25, -0.2) is 0 Å². The van der Waals surface area contributed by atoms with Gasteiger partial charge in [-0.3, -0.25) is 0 Å². The Hall–Kier alpha value is 0.430. The van der Waals surface area contributed by atoms with Crippen molar-refractivity contribution in [2.45, 2.75) is 25.8 Å². The van der Waals surface area contributed by atoms with Crippen LogP contribution in [0.4, 0.5) is 0 Å². The van der Waals surface area contributed by atoms with E-state index in [0.717, 1.165) is 15.2 Å². The molecule has 0 saturated heterocycles. The van der Waals surface area contributed by atoms with Gasteiger partial charge in [-0.2, -0.15) is 0 Å². The van der Waals surface area contributed by atoms with Gasteiger partial charge in [0, 0.05) is 14.9 Å². The van der Waals surface area contributed by atoms with Gasteiger partial charge in [0.25, 0.3) is 0 Å². The molecule has 0 fully saturated rings. The second kappa shape index (κ2) is 3.66. The van der Waals surface area contributed by atoms with Crippen LogP contribution in [0.3, 0.4) is 0 Å². The normalized spacial score (nSPS) is 12.1. The molecule has 0 aliphatic heterocycles. The Kier molecular flexibility index (Phi) is 3.21. The molecule has 0 aromatic carbocycles. The predicted octanol–water partition coefficient (Wildman–Crippen LogP) is 3.44. The van der Waals surface area contributed by atoms with Gasteiger partial charge in [-0.05, 0) is 42.3 Å². The van der Waals surface area contributed by atoms with Gasteiger partial charge in [0.15, 0.2) is 0 Å². The van der Waals surface area contributed by atoms with Crippen LogP contribution in [-0.4, -0.2) is 5.54 Å². The summed E-state index contributed by atoms with van der Waals surface area (Å²) in [6.45, 7) is 4.02. The summed E-state index contributed by atoms with van der Waals surface area (Å²) in [5.41, 5.74) is 5.72. The summed E-state index contributed by atoms with van der Waals surface area (Å²) in [7, 11) is 0. The molecule has 0 radical (unpaired) electrons. The first-order valence-corrected chi connectivity index (χ1v) is 5.60. The van der Waals surface area contributed by atoms with Crippen molar-refractivity contribution in [3.63, 3.8) is 0 Å². The van der Waals surface area contributed by atoms with Gasteiger partial charge in [-0.1, -0.05) is 11.6 Å². The molecule has 2 N–H and O–H groups in total. The van der Waals surface area contributed by atoms with Crippen LogP contribution in [0.15, 0.2) is 10.5 Å². The number of hydrogen-bond donors (Lipinski definition) is 1. The maximum absolute atomic E-state index is 5.89. The molecule has 1 rings (SSSR count). The maximum Gasteiger partial charge on any atom is 0.107 e. The van der Waals surface area contributed by atoms with E-state index in [1.807, 2.05) is 19.9 Å². The Morgan fingerprint density at radius 3 is 2.58 bits per heavy atom. The summed E-state index contributed by atoms with van der Waals surface area (Å²) in [5.74, 6) is 0. The van der Waals surface area contributed by atoms with Crippen LogP contribution in [0, 0.1) is 0 Å². The summed E-state index contributed by atoms with van der Waals surface area (Å²) in [6.07, 6.45) is 0.864. The summed E-state index contributed by atoms with van der Waals surface area (Å²) in [6, 6.07) is 2.03. The van der Waals surface area contributed by atoms with Crippen molar-refractivity contribution in [3.8, 4) is 0 Å². The van der Waals surface area contributed by atoms with E-state index in [0.29, 0.717) is 0 Å².